The molecule has 1 aromatic heterocycles. The van der Waals surface area contributed by atoms with Crippen molar-refractivity contribution in [1.29, 1.82) is 0 Å². The molecular weight excluding hydrogens is 354 g/mol. The normalized spacial score (nSPS) is 16.2. The number of para-hydroxylation sites is 1. The molecule has 2 aromatic carbocycles. The van der Waals surface area contributed by atoms with Crippen molar-refractivity contribution in [3.8, 4) is 0 Å². The van der Waals surface area contributed by atoms with Crippen molar-refractivity contribution in [2.45, 2.75) is 32.4 Å². The van der Waals surface area contributed by atoms with E-state index in [-0.39, 0.29) is 23.2 Å². The summed E-state index contributed by atoms with van der Waals surface area (Å²) in [6.45, 7) is 5.02. The van der Waals surface area contributed by atoms with Gasteiger partial charge in [-0.15, -0.1) is 0 Å². The summed E-state index contributed by atoms with van der Waals surface area (Å²) in [7, 11) is 0. The van der Waals surface area contributed by atoms with Crippen molar-refractivity contribution in [1.82, 2.24) is 4.90 Å². The number of benzene rings is 2. The number of carbonyl (C=O) groups is 1. The molecule has 144 valence electrons. The summed E-state index contributed by atoms with van der Waals surface area (Å²) in [5.41, 5.74) is 1.64. The van der Waals surface area contributed by atoms with Crippen LogP contribution in [-0.4, -0.2) is 30.1 Å². The molecule has 0 bridgehead atoms. The first-order valence-electron chi connectivity index (χ1n) is 9.61. The second-order valence-electron chi connectivity index (χ2n) is 7.26. The largest absolute Gasteiger partial charge is 0.450 e. The van der Waals surface area contributed by atoms with E-state index in [9.17, 15) is 9.59 Å². The Hall–Kier alpha value is -2.92. The Morgan fingerprint density at radius 2 is 1.75 bits per heavy atom. The second kappa shape index (κ2) is 7.60. The third kappa shape index (κ3) is 3.22. The van der Waals surface area contributed by atoms with Gasteiger partial charge in [0.15, 0.2) is 5.43 Å². The third-order valence-electron chi connectivity index (χ3n) is 4.98. The predicted octanol–water partition coefficient (Wildman–Crippen LogP) is 4.15. The van der Waals surface area contributed by atoms with Crippen LogP contribution in [0, 0.1) is 0 Å². The van der Waals surface area contributed by atoms with E-state index in [2.05, 4.69) is 0 Å². The molecular formula is C23H23NO4. The van der Waals surface area contributed by atoms with Crippen molar-refractivity contribution in [2.24, 2.45) is 0 Å². The van der Waals surface area contributed by atoms with Crippen LogP contribution in [-0.2, 0) is 4.74 Å². The lowest BCUT2D eigenvalue weighted by atomic mass is 9.98. The Balaban J connectivity index is 1.79. The van der Waals surface area contributed by atoms with E-state index in [1.54, 1.807) is 29.2 Å². The van der Waals surface area contributed by atoms with E-state index in [1.807, 2.05) is 44.2 Å². The molecule has 1 amide bonds. The van der Waals surface area contributed by atoms with Crippen molar-refractivity contribution in [3.05, 3.63) is 81.7 Å². The van der Waals surface area contributed by atoms with Crippen molar-refractivity contribution >= 4 is 16.9 Å². The molecule has 1 aliphatic heterocycles. The van der Waals surface area contributed by atoms with E-state index in [0.717, 1.165) is 5.56 Å². The minimum absolute atomic E-state index is 0.139. The molecule has 1 atom stereocenters. The average molecular weight is 377 g/mol. The van der Waals surface area contributed by atoms with Gasteiger partial charge in [0.25, 0.3) is 5.91 Å². The molecule has 2 heterocycles. The number of amides is 1. The van der Waals surface area contributed by atoms with Crippen LogP contribution >= 0.6 is 0 Å². The average Bonchev–Trinajstić information content (AvgIpc) is 2.98. The maximum atomic E-state index is 13.3. The van der Waals surface area contributed by atoms with Gasteiger partial charge in [0, 0.05) is 13.2 Å². The monoisotopic (exact) mass is 377 g/mol. The van der Waals surface area contributed by atoms with E-state index in [0.29, 0.717) is 36.1 Å². The Morgan fingerprint density at radius 1 is 1.04 bits per heavy atom. The van der Waals surface area contributed by atoms with Gasteiger partial charge in [-0.1, -0.05) is 42.5 Å². The minimum Gasteiger partial charge on any atom is -0.450 e. The first-order chi connectivity index (χ1) is 13.6. The fourth-order valence-corrected chi connectivity index (χ4v) is 3.73. The highest BCUT2D eigenvalue weighted by Crippen LogP contribution is 2.38. The summed E-state index contributed by atoms with van der Waals surface area (Å²) in [5, 5.41) is 0.500. The maximum absolute atomic E-state index is 13.3. The number of hydrogen-bond acceptors (Lipinski definition) is 4. The molecule has 4 rings (SSSR count). The van der Waals surface area contributed by atoms with Gasteiger partial charge in [0.1, 0.15) is 5.58 Å². The van der Waals surface area contributed by atoms with Gasteiger partial charge in [-0.2, -0.15) is 0 Å². The van der Waals surface area contributed by atoms with Gasteiger partial charge in [-0.05, 0) is 38.0 Å². The van der Waals surface area contributed by atoms with Crippen LogP contribution in [0.2, 0.25) is 0 Å². The Morgan fingerprint density at radius 3 is 2.50 bits per heavy atom. The highest BCUT2D eigenvalue weighted by atomic mass is 16.5. The molecule has 0 N–H and O–H groups in total. The first-order valence-corrected chi connectivity index (χ1v) is 9.61. The van der Waals surface area contributed by atoms with Gasteiger partial charge < -0.3 is 14.1 Å². The Kier molecular flexibility index (Phi) is 5.01. The number of hydrogen-bond donors (Lipinski definition) is 0. The number of nitrogens with zero attached hydrogens (tertiary/aromatic N) is 1. The van der Waals surface area contributed by atoms with Crippen LogP contribution in [0.3, 0.4) is 0 Å². The van der Waals surface area contributed by atoms with Crippen molar-refractivity contribution < 1.29 is 13.9 Å². The van der Waals surface area contributed by atoms with E-state index < -0.39 is 6.04 Å². The van der Waals surface area contributed by atoms with Crippen LogP contribution in [0.25, 0.3) is 11.0 Å². The fraction of sp³-hybridized carbons (Fsp3) is 0.304. The van der Waals surface area contributed by atoms with Gasteiger partial charge in [-0.25, -0.2) is 0 Å². The number of carbonyl (C=O) groups excluding carboxylic acids is 1. The first kappa shape index (κ1) is 18.4. The quantitative estimate of drug-likeness (QED) is 0.606. The van der Waals surface area contributed by atoms with Gasteiger partial charge >= 0.3 is 0 Å². The maximum Gasteiger partial charge on any atom is 0.290 e. The topological polar surface area (TPSA) is 59.8 Å². The van der Waals surface area contributed by atoms with Crippen LogP contribution in [0.1, 0.15) is 48.0 Å². The SMILES string of the molecule is CC(C)OCCCN1C(=O)c2oc3ccccc3c(=O)c2[C@H]1c1ccccc1. The number of rotatable bonds is 6. The number of fused-ring (bicyclic) bond motifs is 2. The van der Waals surface area contributed by atoms with E-state index in [1.165, 1.54) is 0 Å². The van der Waals surface area contributed by atoms with Gasteiger partial charge in [-0.3, -0.25) is 9.59 Å². The summed E-state index contributed by atoms with van der Waals surface area (Å²) in [5.74, 6) is -0.0846. The zero-order chi connectivity index (χ0) is 19.7. The molecule has 0 spiro atoms. The fourth-order valence-electron chi connectivity index (χ4n) is 3.73. The summed E-state index contributed by atoms with van der Waals surface area (Å²) in [6.07, 6.45) is 0.833. The van der Waals surface area contributed by atoms with Crippen LogP contribution in [0.5, 0.6) is 0 Å². The molecule has 3 aromatic rings. The van der Waals surface area contributed by atoms with Gasteiger partial charge in [0.2, 0.25) is 5.76 Å². The summed E-state index contributed by atoms with van der Waals surface area (Å²) in [4.78, 5) is 28.1. The van der Waals surface area contributed by atoms with Crippen LogP contribution in [0.4, 0.5) is 0 Å². The van der Waals surface area contributed by atoms with E-state index in [4.69, 9.17) is 9.15 Å². The lowest BCUT2D eigenvalue weighted by Crippen LogP contribution is -2.31. The molecule has 0 saturated carbocycles. The van der Waals surface area contributed by atoms with Crippen LogP contribution < -0.4 is 5.43 Å². The molecule has 0 saturated heterocycles. The molecule has 0 fully saturated rings. The molecule has 5 heteroatoms. The van der Waals surface area contributed by atoms with Crippen molar-refractivity contribution in [3.63, 3.8) is 0 Å². The van der Waals surface area contributed by atoms with Gasteiger partial charge in [0.05, 0.1) is 23.1 Å². The minimum atomic E-state index is -0.441. The molecule has 1 aliphatic rings. The smallest absolute Gasteiger partial charge is 0.290 e. The Labute approximate surface area is 163 Å². The second-order valence-corrected chi connectivity index (χ2v) is 7.26. The molecule has 5 nitrogen and oxygen atoms in total. The zero-order valence-corrected chi connectivity index (χ0v) is 16.1. The Bertz CT molecular complexity index is 1060. The predicted molar refractivity (Wildman–Crippen MR) is 108 cm³/mol. The van der Waals surface area contributed by atoms with E-state index >= 15 is 0 Å². The standard InChI is InChI=1S/C23H23NO4/c1-15(2)27-14-8-13-24-20(16-9-4-3-5-10-16)19-21(25)17-11-6-7-12-18(17)28-22(19)23(24)26/h3-7,9-12,15,20H,8,13-14H2,1-2H3/t20-/m1/s1. The highest BCUT2D eigenvalue weighted by molar-refractivity contribution is 5.99. The molecule has 0 aliphatic carbocycles. The van der Waals surface area contributed by atoms with Crippen LogP contribution in [0.15, 0.2) is 63.8 Å². The van der Waals surface area contributed by atoms with Crippen molar-refractivity contribution in [2.75, 3.05) is 13.2 Å². The summed E-state index contributed by atoms with van der Waals surface area (Å²) >= 11 is 0. The lowest BCUT2D eigenvalue weighted by Gasteiger charge is -2.25. The molecule has 0 radical (unpaired) electrons. The summed E-state index contributed by atoms with van der Waals surface area (Å²) in [6, 6.07) is 16.3. The highest BCUT2D eigenvalue weighted by Gasteiger charge is 2.42. The number of ether oxygens (including phenoxy) is 1. The summed E-state index contributed by atoms with van der Waals surface area (Å²) < 4.78 is 11.5. The zero-order valence-electron chi connectivity index (χ0n) is 16.1. The molecule has 0 unspecified atom stereocenters. The molecule has 28 heavy (non-hydrogen) atoms. The lowest BCUT2D eigenvalue weighted by molar-refractivity contribution is 0.0593. The third-order valence-corrected chi connectivity index (χ3v) is 4.98.